The summed E-state index contributed by atoms with van der Waals surface area (Å²) in [6.07, 6.45) is 0. The molecule has 0 radical (unpaired) electrons. The van der Waals surface area contributed by atoms with E-state index in [2.05, 4.69) is 15.3 Å². The van der Waals surface area contributed by atoms with Crippen LogP contribution in [0.25, 0.3) is 11.4 Å². The molecule has 1 aromatic heterocycles. The Balaban J connectivity index is 0.00000156. The molecule has 7 heteroatoms. The lowest BCUT2D eigenvalue weighted by atomic mass is 10.1. The smallest absolute Gasteiger partial charge is 0.207 e. The van der Waals surface area contributed by atoms with Gasteiger partial charge in [-0.1, -0.05) is 54.2 Å². The van der Waals surface area contributed by atoms with E-state index in [0.29, 0.717) is 11.6 Å². The Kier molecular flexibility index (Phi) is 4.58. The van der Waals surface area contributed by atoms with Crippen molar-refractivity contribution in [2.75, 3.05) is 5.75 Å². The van der Waals surface area contributed by atoms with Crippen molar-refractivity contribution >= 4 is 34.5 Å². The minimum atomic E-state index is -0.247. The van der Waals surface area contributed by atoms with Crippen LogP contribution < -0.4 is 0 Å². The first-order chi connectivity index (χ1) is 10.8. The van der Waals surface area contributed by atoms with Crippen molar-refractivity contribution in [2.45, 2.75) is 5.16 Å². The largest absolute Gasteiger partial charge is 0.212 e. The summed E-state index contributed by atoms with van der Waals surface area (Å²) < 4.78 is 14.8. The molecular weight excluding hydrogens is 379 g/mol. The molecule has 23 heavy (non-hydrogen) atoms. The molecular formula is C16H12BrFN4S. The molecule has 3 aromatic rings. The molecule has 0 spiro atoms. The van der Waals surface area contributed by atoms with Gasteiger partial charge in [-0.15, -0.1) is 27.2 Å². The van der Waals surface area contributed by atoms with Crippen LogP contribution in [0.15, 0.2) is 64.9 Å². The topological polar surface area (TPSA) is 43.1 Å². The second kappa shape index (κ2) is 6.64. The highest BCUT2D eigenvalue weighted by molar-refractivity contribution is 8.93. The fourth-order valence-corrected chi connectivity index (χ4v) is 3.12. The quantitative estimate of drug-likeness (QED) is 0.663. The molecule has 2 aromatic carbocycles. The molecule has 2 heterocycles. The number of fused-ring (bicyclic) bond motifs is 1. The van der Waals surface area contributed by atoms with Gasteiger partial charge < -0.3 is 0 Å². The number of aromatic nitrogens is 3. The maximum absolute atomic E-state index is 13.1. The summed E-state index contributed by atoms with van der Waals surface area (Å²) in [6, 6.07) is 16.2. The number of hydrogen-bond donors (Lipinski definition) is 0. The maximum Gasteiger partial charge on any atom is 0.212 e. The molecule has 4 nitrogen and oxygen atoms in total. The van der Waals surface area contributed by atoms with Gasteiger partial charge in [-0.3, -0.25) is 0 Å². The molecule has 116 valence electrons. The summed E-state index contributed by atoms with van der Waals surface area (Å²) in [4.78, 5) is 0. The van der Waals surface area contributed by atoms with Gasteiger partial charge in [0.1, 0.15) is 5.82 Å². The number of hydrogen-bond acceptors (Lipinski definition) is 4. The molecule has 0 aliphatic carbocycles. The van der Waals surface area contributed by atoms with Gasteiger partial charge in [-0.25, -0.2) is 4.39 Å². The molecule has 0 amide bonds. The molecule has 0 N–H and O–H groups in total. The van der Waals surface area contributed by atoms with Gasteiger partial charge in [0.25, 0.3) is 0 Å². The summed E-state index contributed by atoms with van der Waals surface area (Å²) >= 11 is 1.58. The third-order valence-corrected chi connectivity index (χ3v) is 4.31. The number of nitrogens with zero attached hydrogens (tertiary/aromatic N) is 4. The van der Waals surface area contributed by atoms with E-state index in [-0.39, 0.29) is 22.8 Å². The van der Waals surface area contributed by atoms with Crippen molar-refractivity contribution in [2.24, 2.45) is 5.10 Å². The van der Waals surface area contributed by atoms with Crippen molar-refractivity contribution in [1.29, 1.82) is 0 Å². The molecule has 0 saturated heterocycles. The van der Waals surface area contributed by atoms with E-state index >= 15 is 0 Å². The minimum Gasteiger partial charge on any atom is -0.207 e. The Morgan fingerprint density at radius 3 is 2.39 bits per heavy atom. The van der Waals surface area contributed by atoms with Crippen LogP contribution in [-0.2, 0) is 0 Å². The van der Waals surface area contributed by atoms with Crippen LogP contribution in [-0.4, -0.2) is 26.3 Å². The van der Waals surface area contributed by atoms with Crippen LogP contribution in [0.5, 0.6) is 0 Å². The second-order valence-corrected chi connectivity index (χ2v) is 5.77. The molecule has 0 fully saturated rings. The van der Waals surface area contributed by atoms with Crippen molar-refractivity contribution in [3.8, 4) is 11.4 Å². The lowest BCUT2D eigenvalue weighted by Gasteiger charge is -2.13. The van der Waals surface area contributed by atoms with Crippen LogP contribution in [0.4, 0.5) is 4.39 Å². The third kappa shape index (κ3) is 3.07. The van der Waals surface area contributed by atoms with Gasteiger partial charge in [0, 0.05) is 11.3 Å². The zero-order chi connectivity index (χ0) is 14.9. The Morgan fingerprint density at radius 1 is 0.913 bits per heavy atom. The summed E-state index contributed by atoms with van der Waals surface area (Å²) in [5.41, 5.74) is 2.76. The van der Waals surface area contributed by atoms with E-state index in [1.54, 1.807) is 28.6 Å². The fraction of sp³-hybridized carbons (Fsp3) is 0.0625. The Bertz CT molecular complexity index is 846. The Morgan fingerprint density at radius 2 is 1.65 bits per heavy atom. The Hall–Kier alpha value is -1.99. The zero-order valence-corrected chi connectivity index (χ0v) is 14.4. The first-order valence-corrected chi connectivity index (χ1v) is 7.77. The number of benzene rings is 2. The summed E-state index contributed by atoms with van der Waals surface area (Å²) in [5, 5.41) is 13.8. The van der Waals surface area contributed by atoms with Crippen LogP contribution >= 0.6 is 28.7 Å². The first-order valence-electron chi connectivity index (χ1n) is 6.79. The average molecular weight is 391 g/mol. The van der Waals surface area contributed by atoms with Gasteiger partial charge in [0.05, 0.1) is 5.71 Å². The van der Waals surface area contributed by atoms with Crippen LogP contribution in [0.1, 0.15) is 5.56 Å². The zero-order valence-electron chi connectivity index (χ0n) is 11.9. The second-order valence-electron chi connectivity index (χ2n) is 4.83. The maximum atomic E-state index is 13.1. The van der Waals surface area contributed by atoms with Crippen LogP contribution in [0.3, 0.4) is 0 Å². The van der Waals surface area contributed by atoms with E-state index in [0.717, 1.165) is 22.0 Å². The van der Waals surface area contributed by atoms with E-state index in [9.17, 15) is 4.39 Å². The molecule has 4 rings (SSSR count). The van der Waals surface area contributed by atoms with Crippen LogP contribution in [0.2, 0.25) is 0 Å². The highest BCUT2D eigenvalue weighted by Crippen LogP contribution is 2.28. The third-order valence-electron chi connectivity index (χ3n) is 3.38. The Labute approximate surface area is 147 Å². The van der Waals surface area contributed by atoms with Gasteiger partial charge in [-0.05, 0) is 17.7 Å². The summed E-state index contributed by atoms with van der Waals surface area (Å²) in [5.74, 6) is 1.16. The molecule has 1 aliphatic heterocycles. The number of thioether (sulfide) groups is 1. The van der Waals surface area contributed by atoms with Crippen molar-refractivity contribution in [3.05, 3.63) is 66.0 Å². The van der Waals surface area contributed by atoms with Crippen molar-refractivity contribution < 1.29 is 4.39 Å². The number of halogens is 2. The van der Waals surface area contributed by atoms with Crippen molar-refractivity contribution in [1.82, 2.24) is 14.9 Å². The summed E-state index contributed by atoms with van der Waals surface area (Å²) in [7, 11) is 0. The van der Waals surface area contributed by atoms with Crippen molar-refractivity contribution in [3.63, 3.8) is 0 Å². The molecule has 0 unspecified atom stereocenters. The predicted molar refractivity (Wildman–Crippen MR) is 94.8 cm³/mol. The van der Waals surface area contributed by atoms with Gasteiger partial charge in [-0.2, -0.15) is 9.78 Å². The lowest BCUT2D eigenvalue weighted by molar-refractivity contribution is 0.627. The highest BCUT2D eigenvalue weighted by Gasteiger charge is 2.20. The predicted octanol–water partition coefficient (Wildman–Crippen LogP) is 4.02. The van der Waals surface area contributed by atoms with Crippen LogP contribution in [0, 0.1) is 5.82 Å². The van der Waals surface area contributed by atoms with E-state index in [4.69, 9.17) is 0 Å². The number of rotatable bonds is 2. The molecule has 0 atom stereocenters. The van der Waals surface area contributed by atoms with Gasteiger partial charge in [0.2, 0.25) is 5.16 Å². The monoisotopic (exact) mass is 390 g/mol. The van der Waals surface area contributed by atoms with Gasteiger partial charge in [0.15, 0.2) is 5.82 Å². The van der Waals surface area contributed by atoms with Gasteiger partial charge >= 0.3 is 0 Å². The standard InChI is InChI=1S/C16H11FN4S.BrH/c17-13-8-6-11(7-9-13)14-10-22-16-19-18-15(21(16)20-14)12-4-2-1-3-5-12;/h1-9H,10H2;1H. The van der Waals surface area contributed by atoms with E-state index in [1.807, 2.05) is 30.3 Å². The lowest BCUT2D eigenvalue weighted by Crippen LogP contribution is -2.13. The molecule has 0 saturated carbocycles. The van der Waals surface area contributed by atoms with E-state index in [1.165, 1.54) is 12.1 Å². The first kappa shape index (κ1) is 15.9. The fourth-order valence-electron chi connectivity index (χ4n) is 2.28. The molecule has 1 aliphatic rings. The molecule has 0 bridgehead atoms. The summed E-state index contributed by atoms with van der Waals surface area (Å²) in [6.45, 7) is 0. The van der Waals surface area contributed by atoms with E-state index < -0.39 is 0 Å². The average Bonchev–Trinajstić information content (AvgIpc) is 2.99. The SMILES string of the molecule is Br.Fc1ccc(C2=Nn3c(nnc3-c3ccccc3)SC2)cc1. The highest BCUT2D eigenvalue weighted by atomic mass is 79.9. The normalized spacial score (nSPS) is 13.0. The minimum absolute atomic E-state index is 0.